The number of aliphatic hydroxyl groups is 1. The van der Waals surface area contributed by atoms with Gasteiger partial charge in [0.15, 0.2) is 11.5 Å². The zero-order chi connectivity index (χ0) is 26.8. The van der Waals surface area contributed by atoms with Crippen molar-refractivity contribution in [3.8, 4) is 17.4 Å². The maximum absolute atomic E-state index is 13.7. The van der Waals surface area contributed by atoms with Gasteiger partial charge in [0.1, 0.15) is 11.7 Å². The third kappa shape index (κ3) is 5.20. The summed E-state index contributed by atoms with van der Waals surface area (Å²) >= 11 is 0. The van der Waals surface area contributed by atoms with E-state index in [-0.39, 0.29) is 49.6 Å². The lowest BCUT2D eigenvalue weighted by Gasteiger charge is -2.37. The lowest BCUT2D eigenvalue weighted by atomic mass is 9.93. The van der Waals surface area contributed by atoms with Crippen LogP contribution in [0.25, 0.3) is 5.57 Å². The Balaban J connectivity index is 1.42. The summed E-state index contributed by atoms with van der Waals surface area (Å²) in [5.74, 6) is 0.915. The van der Waals surface area contributed by atoms with Crippen molar-refractivity contribution in [3.05, 3.63) is 53.2 Å². The molecular weight excluding hydrogens is 486 g/mol. The minimum atomic E-state index is -0.426. The molecule has 9 heteroatoms. The fourth-order valence-corrected chi connectivity index (χ4v) is 5.20. The van der Waals surface area contributed by atoms with Crippen LogP contribution in [0.3, 0.4) is 0 Å². The van der Waals surface area contributed by atoms with Crippen LogP contribution < -0.4 is 14.2 Å². The Hall–Kier alpha value is -3.59. The average Bonchev–Trinajstić information content (AvgIpc) is 3.42. The molecule has 1 N–H and O–H groups in total. The Morgan fingerprint density at radius 3 is 2.82 bits per heavy atom. The van der Waals surface area contributed by atoms with Gasteiger partial charge in [-0.2, -0.15) is 0 Å². The molecule has 0 saturated heterocycles. The van der Waals surface area contributed by atoms with Crippen molar-refractivity contribution in [2.45, 2.75) is 51.7 Å². The SMILES string of the molecule is C[C@H]1CN([C@@H](C)CO)C(=O)c2cc(C3=CCCCC3)cnc2O[C@@H]1CN(C)C(=O)c1ccc2c(c1)OCO2. The number of nitrogens with zero attached hydrogens (tertiary/aromatic N) is 3. The first-order valence-electron chi connectivity index (χ1n) is 13.3. The van der Waals surface area contributed by atoms with E-state index >= 15 is 0 Å². The summed E-state index contributed by atoms with van der Waals surface area (Å²) in [5, 5.41) is 9.91. The molecule has 3 aliphatic rings. The summed E-state index contributed by atoms with van der Waals surface area (Å²) in [7, 11) is 1.73. The predicted molar refractivity (Wildman–Crippen MR) is 141 cm³/mol. The molecular formula is C29H35N3O6. The van der Waals surface area contributed by atoms with E-state index in [2.05, 4.69) is 11.1 Å². The highest BCUT2D eigenvalue weighted by Gasteiger charge is 2.35. The van der Waals surface area contributed by atoms with Crippen molar-refractivity contribution >= 4 is 17.4 Å². The van der Waals surface area contributed by atoms with E-state index in [0.717, 1.165) is 24.8 Å². The maximum Gasteiger partial charge on any atom is 0.259 e. The van der Waals surface area contributed by atoms with E-state index in [0.29, 0.717) is 29.2 Å². The van der Waals surface area contributed by atoms with Gasteiger partial charge in [-0.05, 0) is 68.0 Å². The summed E-state index contributed by atoms with van der Waals surface area (Å²) in [5.41, 5.74) is 3.00. The van der Waals surface area contributed by atoms with E-state index in [1.165, 1.54) is 12.0 Å². The van der Waals surface area contributed by atoms with Crippen LogP contribution in [0.15, 0.2) is 36.5 Å². The molecule has 202 valence electrons. The molecule has 0 fully saturated rings. The number of hydrogen-bond acceptors (Lipinski definition) is 7. The van der Waals surface area contributed by atoms with E-state index in [1.807, 2.05) is 19.9 Å². The number of benzene rings is 1. The van der Waals surface area contributed by atoms with Gasteiger partial charge in [0.25, 0.3) is 11.8 Å². The third-order valence-corrected chi connectivity index (χ3v) is 7.60. The summed E-state index contributed by atoms with van der Waals surface area (Å²) in [6.45, 7) is 4.48. The molecule has 1 aliphatic carbocycles. The summed E-state index contributed by atoms with van der Waals surface area (Å²) in [4.78, 5) is 34.8. The van der Waals surface area contributed by atoms with Crippen molar-refractivity contribution in [1.29, 1.82) is 0 Å². The standard InChI is InChI=1S/C29H35N3O6/c1-18-14-32(19(2)16-33)29(35)23-11-22(20-7-5-4-6-8-20)13-30-27(23)38-26(18)15-31(3)28(34)21-9-10-24-25(12-21)37-17-36-24/h7,9-13,18-19,26,33H,4-6,8,14-17H2,1-3H3/t18-,19-,26+/m0/s1. The van der Waals surface area contributed by atoms with Gasteiger partial charge in [-0.15, -0.1) is 0 Å². The molecule has 0 radical (unpaired) electrons. The first-order valence-corrected chi connectivity index (χ1v) is 13.3. The highest BCUT2D eigenvalue weighted by molar-refractivity contribution is 5.97. The van der Waals surface area contributed by atoms with Crippen LogP contribution >= 0.6 is 0 Å². The highest BCUT2D eigenvalue weighted by Crippen LogP contribution is 2.34. The minimum absolute atomic E-state index is 0.129. The summed E-state index contributed by atoms with van der Waals surface area (Å²) in [6, 6.07) is 6.63. The molecule has 5 rings (SSSR count). The van der Waals surface area contributed by atoms with Gasteiger partial charge in [0.2, 0.25) is 12.7 Å². The number of likely N-dealkylation sites (N-methyl/N-ethyl adjacent to an activating group) is 1. The number of carbonyl (C=O) groups excluding carboxylic acids is 2. The van der Waals surface area contributed by atoms with Gasteiger partial charge in [0.05, 0.1) is 19.2 Å². The van der Waals surface area contributed by atoms with E-state index in [1.54, 1.807) is 41.2 Å². The topological polar surface area (TPSA) is 101 Å². The molecule has 0 bridgehead atoms. The van der Waals surface area contributed by atoms with E-state index < -0.39 is 6.10 Å². The van der Waals surface area contributed by atoms with Gasteiger partial charge in [-0.25, -0.2) is 4.98 Å². The third-order valence-electron chi connectivity index (χ3n) is 7.60. The first-order chi connectivity index (χ1) is 18.4. The largest absolute Gasteiger partial charge is 0.472 e. The van der Waals surface area contributed by atoms with Crippen molar-refractivity contribution in [2.75, 3.05) is 33.5 Å². The van der Waals surface area contributed by atoms with Crippen LogP contribution in [-0.4, -0.2) is 77.4 Å². The number of amides is 2. The monoisotopic (exact) mass is 521 g/mol. The van der Waals surface area contributed by atoms with Gasteiger partial charge in [-0.3, -0.25) is 9.59 Å². The summed E-state index contributed by atoms with van der Waals surface area (Å²) in [6.07, 6.45) is 7.83. The van der Waals surface area contributed by atoms with Crippen LogP contribution in [0.1, 0.15) is 65.8 Å². The smallest absolute Gasteiger partial charge is 0.259 e. The van der Waals surface area contributed by atoms with Gasteiger partial charge in [-0.1, -0.05) is 13.0 Å². The molecule has 9 nitrogen and oxygen atoms in total. The molecule has 0 saturated carbocycles. The molecule has 0 spiro atoms. The Bertz CT molecular complexity index is 1240. The lowest BCUT2D eigenvalue weighted by molar-refractivity contribution is 0.0313. The van der Waals surface area contributed by atoms with Crippen molar-refractivity contribution in [2.24, 2.45) is 5.92 Å². The number of ether oxygens (including phenoxy) is 3. The Morgan fingerprint density at radius 2 is 2.05 bits per heavy atom. The highest BCUT2D eigenvalue weighted by atomic mass is 16.7. The zero-order valence-corrected chi connectivity index (χ0v) is 22.2. The van der Waals surface area contributed by atoms with Crippen LogP contribution in [-0.2, 0) is 0 Å². The number of carbonyl (C=O) groups is 2. The minimum Gasteiger partial charge on any atom is -0.472 e. The van der Waals surface area contributed by atoms with Gasteiger partial charge >= 0.3 is 0 Å². The molecule has 2 aromatic rings. The predicted octanol–water partition coefficient (Wildman–Crippen LogP) is 3.76. The van der Waals surface area contributed by atoms with Crippen molar-refractivity contribution in [3.63, 3.8) is 0 Å². The van der Waals surface area contributed by atoms with Crippen molar-refractivity contribution < 1.29 is 28.9 Å². The van der Waals surface area contributed by atoms with Gasteiger partial charge < -0.3 is 29.1 Å². The van der Waals surface area contributed by atoms with Crippen LogP contribution in [0.5, 0.6) is 17.4 Å². The maximum atomic E-state index is 13.7. The second-order valence-corrected chi connectivity index (χ2v) is 10.4. The average molecular weight is 522 g/mol. The van der Waals surface area contributed by atoms with Crippen molar-refractivity contribution in [1.82, 2.24) is 14.8 Å². The molecule has 3 atom stereocenters. The van der Waals surface area contributed by atoms with Crippen LogP contribution in [0, 0.1) is 5.92 Å². The molecule has 38 heavy (non-hydrogen) atoms. The first kappa shape index (κ1) is 26.0. The zero-order valence-electron chi connectivity index (χ0n) is 22.2. The number of hydrogen-bond donors (Lipinski definition) is 1. The Kier molecular flexibility index (Phi) is 7.56. The molecule has 1 aromatic carbocycles. The van der Waals surface area contributed by atoms with E-state index in [9.17, 15) is 14.7 Å². The molecule has 2 aliphatic heterocycles. The molecule has 3 heterocycles. The molecule has 2 amide bonds. The van der Waals surface area contributed by atoms with E-state index in [4.69, 9.17) is 14.2 Å². The number of aromatic nitrogens is 1. The number of allylic oxidation sites excluding steroid dienone is 2. The fourth-order valence-electron chi connectivity index (χ4n) is 5.20. The molecule has 0 unspecified atom stereocenters. The normalized spacial score (nSPS) is 21.5. The number of aliphatic hydroxyl groups excluding tert-OH is 1. The number of rotatable bonds is 6. The fraction of sp³-hybridized carbons (Fsp3) is 0.483. The number of pyridine rings is 1. The van der Waals surface area contributed by atoms with Crippen LogP contribution in [0.4, 0.5) is 0 Å². The molecule has 1 aromatic heterocycles. The van der Waals surface area contributed by atoms with Crippen LogP contribution in [0.2, 0.25) is 0 Å². The Morgan fingerprint density at radius 1 is 1.24 bits per heavy atom. The second-order valence-electron chi connectivity index (χ2n) is 10.4. The second kappa shape index (κ2) is 11.0. The summed E-state index contributed by atoms with van der Waals surface area (Å²) < 4.78 is 17.2. The number of fused-ring (bicyclic) bond motifs is 2. The Labute approximate surface area is 223 Å². The quantitative estimate of drug-likeness (QED) is 0.618. The van der Waals surface area contributed by atoms with Gasteiger partial charge in [0, 0.05) is 31.3 Å². The lowest BCUT2D eigenvalue weighted by Crippen LogP contribution is -2.50.